The van der Waals surface area contributed by atoms with E-state index < -0.39 is 10.4 Å². The van der Waals surface area contributed by atoms with Gasteiger partial charge in [-0.05, 0) is 40.2 Å². The second-order valence-corrected chi connectivity index (χ2v) is 5.48. The van der Waals surface area contributed by atoms with Crippen molar-refractivity contribution in [3.63, 3.8) is 0 Å². The van der Waals surface area contributed by atoms with Crippen LogP contribution in [0.5, 0.6) is 5.75 Å². The maximum atomic E-state index is 12.0. The van der Waals surface area contributed by atoms with Gasteiger partial charge >= 0.3 is 0 Å². The van der Waals surface area contributed by atoms with Crippen molar-refractivity contribution in [3.8, 4) is 5.75 Å². The first-order valence-electron chi connectivity index (χ1n) is 5.13. The van der Waals surface area contributed by atoms with E-state index in [9.17, 15) is 4.79 Å². The summed E-state index contributed by atoms with van der Waals surface area (Å²) in [6.45, 7) is 3.56. The van der Waals surface area contributed by atoms with Crippen LogP contribution in [0.1, 0.15) is 13.8 Å². The summed E-state index contributed by atoms with van der Waals surface area (Å²) in [5.74, 6) is 0.739. The molecule has 0 spiro atoms. The molecule has 0 radical (unpaired) electrons. The largest absolute Gasteiger partial charge is 0.471 e. The van der Waals surface area contributed by atoms with Gasteiger partial charge in [-0.1, -0.05) is 13.8 Å². The summed E-state index contributed by atoms with van der Waals surface area (Å²) in [6, 6.07) is 6.85. The van der Waals surface area contributed by atoms with Crippen LogP contribution in [0.4, 0.5) is 5.69 Å². The van der Waals surface area contributed by atoms with Gasteiger partial charge in [-0.15, -0.1) is 11.6 Å². The minimum Gasteiger partial charge on any atom is -0.471 e. The predicted octanol–water partition coefficient (Wildman–Crippen LogP) is 3.20. The molecule has 1 aromatic rings. The molecule has 0 aromatic heterocycles. The van der Waals surface area contributed by atoms with Crippen LogP contribution in [0.15, 0.2) is 24.3 Å². The minimum absolute atomic E-state index is 0.0932. The summed E-state index contributed by atoms with van der Waals surface area (Å²) in [5.41, 5.74) is 5.58. The molecule has 5 heteroatoms. The van der Waals surface area contributed by atoms with Crippen LogP contribution < -0.4 is 10.5 Å². The molecule has 0 aliphatic rings. The summed E-state index contributed by atoms with van der Waals surface area (Å²) in [6.07, 6.45) is 0. The zero-order valence-electron chi connectivity index (χ0n) is 9.74. The molecule has 0 saturated carbocycles. The lowest BCUT2D eigenvalue weighted by Gasteiger charge is -2.23. The molecule has 94 valence electrons. The monoisotopic (exact) mass is 319 g/mol. The fraction of sp³-hybridized carbons (Fsp3) is 0.417. The number of anilines is 1. The lowest BCUT2D eigenvalue weighted by molar-refractivity contribution is -0.129. The first-order valence-corrected chi connectivity index (χ1v) is 6.58. The van der Waals surface area contributed by atoms with Crippen molar-refractivity contribution in [2.45, 2.75) is 18.9 Å². The number of carbonyl (C=O) groups excluding carboxylic acids is 1. The van der Waals surface area contributed by atoms with Crippen molar-refractivity contribution < 1.29 is 9.53 Å². The number of hydrogen-bond donors (Lipinski definition) is 1. The van der Waals surface area contributed by atoms with E-state index in [0.29, 0.717) is 11.4 Å². The second-order valence-electron chi connectivity index (χ2n) is 4.38. The van der Waals surface area contributed by atoms with Gasteiger partial charge in [0, 0.05) is 17.0 Å². The first-order chi connectivity index (χ1) is 7.86. The summed E-state index contributed by atoms with van der Waals surface area (Å²) < 4.78 is 5.47. The van der Waals surface area contributed by atoms with Gasteiger partial charge < -0.3 is 10.5 Å². The maximum absolute atomic E-state index is 12.0. The molecule has 0 bridgehead atoms. The Balaban J connectivity index is 2.69. The third kappa shape index (κ3) is 3.89. The average molecular weight is 321 g/mol. The highest BCUT2D eigenvalue weighted by molar-refractivity contribution is 9.09. The van der Waals surface area contributed by atoms with Crippen molar-refractivity contribution >= 4 is 39.0 Å². The van der Waals surface area contributed by atoms with E-state index in [2.05, 4.69) is 15.9 Å². The quantitative estimate of drug-likeness (QED) is 0.669. The molecule has 17 heavy (non-hydrogen) atoms. The Morgan fingerprint density at radius 1 is 1.47 bits per heavy atom. The average Bonchev–Trinajstić information content (AvgIpc) is 2.31. The van der Waals surface area contributed by atoms with E-state index in [1.807, 2.05) is 0 Å². The lowest BCUT2D eigenvalue weighted by Crippen LogP contribution is -2.35. The van der Waals surface area contributed by atoms with Crippen molar-refractivity contribution in [1.82, 2.24) is 0 Å². The highest BCUT2D eigenvalue weighted by Gasteiger charge is 2.32. The van der Waals surface area contributed by atoms with Gasteiger partial charge in [0.2, 0.25) is 5.01 Å². The molecular formula is C12H15BrClNO2. The summed E-state index contributed by atoms with van der Waals surface area (Å²) in [5, 5.41) is -0.708. The number of Topliss-reactive ketones (excluding diaryl/α,β-unsaturated/α-hetero) is 1. The van der Waals surface area contributed by atoms with Crippen molar-refractivity contribution in [2.75, 3.05) is 11.6 Å². The minimum atomic E-state index is -0.708. The lowest BCUT2D eigenvalue weighted by atomic mass is 9.91. The number of nitrogens with two attached hydrogens (primary N) is 1. The van der Waals surface area contributed by atoms with Crippen molar-refractivity contribution in [2.24, 2.45) is 5.41 Å². The number of ketones is 1. The fourth-order valence-corrected chi connectivity index (χ4v) is 2.06. The van der Waals surface area contributed by atoms with Crippen LogP contribution in [0.25, 0.3) is 0 Å². The van der Waals surface area contributed by atoms with E-state index in [-0.39, 0.29) is 11.7 Å². The molecule has 0 aliphatic carbocycles. The maximum Gasteiger partial charge on any atom is 0.211 e. The smallest absolute Gasteiger partial charge is 0.211 e. The Morgan fingerprint density at radius 2 is 2.00 bits per heavy atom. The molecule has 0 heterocycles. The van der Waals surface area contributed by atoms with E-state index >= 15 is 0 Å². The fourth-order valence-electron chi connectivity index (χ4n) is 1.09. The number of alkyl halides is 2. The number of rotatable bonds is 5. The van der Waals surface area contributed by atoms with Crippen LogP contribution in [-0.2, 0) is 4.79 Å². The summed E-state index contributed by atoms with van der Waals surface area (Å²) >= 11 is 8.96. The standard InChI is InChI=1S/C12H15BrClNO2/c1-12(2,7-14)10(16)11(13)17-9-5-3-8(15)4-6-9/h3-6,11H,7,15H2,1-2H3. The Morgan fingerprint density at radius 3 is 2.47 bits per heavy atom. The number of nitrogen functional groups attached to an aromatic ring is 1. The number of ether oxygens (including phenoxy) is 1. The predicted molar refractivity (Wildman–Crippen MR) is 73.7 cm³/mol. The number of halogens is 2. The van der Waals surface area contributed by atoms with Crippen LogP contribution in [0.2, 0.25) is 0 Å². The molecular weight excluding hydrogens is 305 g/mol. The van der Waals surface area contributed by atoms with E-state index in [0.717, 1.165) is 0 Å². The molecule has 0 amide bonds. The van der Waals surface area contributed by atoms with Crippen LogP contribution in [-0.4, -0.2) is 16.7 Å². The molecule has 0 saturated heterocycles. The molecule has 2 N–H and O–H groups in total. The number of hydrogen-bond acceptors (Lipinski definition) is 3. The Labute approximate surface area is 114 Å². The molecule has 1 rings (SSSR count). The van der Waals surface area contributed by atoms with E-state index in [1.54, 1.807) is 38.1 Å². The highest BCUT2D eigenvalue weighted by atomic mass is 79.9. The molecule has 0 fully saturated rings. The molecule has 1 aromatic carbocycles. The zero-order valence-corrected chi connectivity index (χ0v) is 12.1. The van der Waals surface area contributed by atoms with Gasteiger partial charge in [0.15, 0.2) is 5.78 Å². The SMILES string of the molecule is CC(C)(CCl)C(=O)C(Br)Oc1ccc(N)cc1. The van der Waals surface area contributed by atoms with Gasteiger partial charge in [0.25, 0.3) is 0 Å². The summed E-state index contributed by atoms with van der Waals surface area (Å²) in [7, 11) is 0. The Kier molecular flexibility index (Phi) is 4.83. The second kappa shape index (κ2) is 5.74. The third-order valence-corrected chi connectivity index (χ3v) is 3.60. The van der Waals surface area contributed by atoms with Gasteiger partial charge in [0.1, 0.15) is 5.75 Å². The summed E-state index contributed by atoms with van der Waals surface area (Å²) in [4.78, 5) is 12.0. The zero-order chi connectivity index (χ0) is 13.1. The Bertz CT molecular complexity index is 392. The molecule has 0 aliphatic heterocycles. The first kappa shape index (κ1) is 14.3. The molecule has 1 unspecified atom stereocenters. The van der Waals surface area contributed by atoms with Crippen LogP contribution in [0.3, 0.4) is 0 Å². The molecule has 3 nitrogen and oxygen atoms in total. The molecule has 1 atom stereocenters. The van der Waals surface area contributed by atoms with Crippen LogP contribution >= 0.6 is 27.5 Å². The van der Waals surface area contributed by atoms with Crippen LogP contribution in [0, 0.1) is 5.41 Å². The number of carbonyl (C=O) groups is 1. The van der Waals surface area contributed by atoms with Crippen molar-refractivity contribution in [3.05, 3.63) is 24.3 Å². The van der Waals surface area contributed by atoms with Gasteiger partial charge in [-0.3, -0.25) is 4.79 Å². The van der Waals surface area contributed by atoms with E-state index in [4.69, 9.17) is 22.1 Å². The van der Waals surface area contributed by atoms with E-state index in [1.165, 1.54) is 0 Å². The Hall–Kier alpha value is -0.740. The number of benzene rings is 1. The van der Waals surface area contributed by atoms with Gasteiger partial charge in [-0.2, -0.15) is 0 Å². The van der Waals surface area contributed by atoms with Gasteiger partial charge in [-0.25, -0.2) is 0 Å². The van der Waals surface area contributed by atoms with Gasteiger partial charge in [0.05, 0.1) is 0 Å². The topological polar surface area (TPSA) is 52.3 Å². The third-order valence-electron chi connectivity index (χ3n) is 2.33. The van der Waals surface area contributed by atoms with Crippen molar-refractivity contribution in [1.29, 1.82) is 0 Å². The normalized spacial score (nSPS) is 13.2. The highest BCUT2D eigenvalue weighted by Crippen LogP contribution is 2.25.